The average molecular weight is 324 g/mol. The predicted molar refractivity (Wildman–Crippen MR) is 97.9 cm³/mol. The molecule has 0 aliphatic heterocycles. The fraction of sp³-hybridized carbons (Fsp3) is 0.0526. The maximum Gasteiger partial charge on any atom is 0.118 e. The maximum absolute atomic E-state index is 5.24. The van der Waals surface area contributed by atoms with Gasteiger partial charge in [0, 0.05) is 12.0 Å². The zero-order valence-corrected chi connectivity index (χ0v) is 14.1. The zero-order chi connectivity index (χ0) is 15.2. The number of methoxy groups -OCH3 is 1. The van der Waals surface area contributed by atoms with Crippen LogP contribution in [0.3, 0.4) is 0 Å². The minimum Gasteiger partial charge on any atom is -0.497 e. The van der Waals surface area contributed by atoms with E-state index >= 15 is 0 Å². The van der Waals surface area contributed by atoms with E-state index in [4.69, 9.17) is 4.74 Å². The van der Waals surface area contributed by atoms with E-state index in [9.17, 15) is 0 Å². The topological polar surface area (TPSA) is 9.23 Å². The van der Waals surface area contributed by atoms with E-state index in [1.54, 1.807) is 7.11 Å². The Kier molecular flexibility index (Phi) is 5.15. The maximum atomic E-state index is 5.24. The van der Waals surface area contributed by atoms with Crippen LogP contribution in [0, 0.1) is 0 Å². The predicted octanol–water partition coefficient (Wildman–Crippen LogP) is 4.84. The molecule has 110 valence electrons. The van der Waals surface area contributed by atoms with Gasteiger partial charge in [0.05, 0.1) is 7.11 Å². The third-order valence-corrected chi connectivity index (χ3v) is 7.88. The lowest BCUT2D eigenvalue weighted by molar-refractivity contribution is 0.414. The van der Waals surface area contributed by atoms with Crippen molar-refractivity contribution in [2.75, 3.05) is 7.11 Å². The molecule has 0 radical (unpaired) electrons. The molecule has 0 spiro atoms. The van der Waals surface area contributed by atoms with Crippen LogP contribution in [0.15, 0.2) is 89.8 Å². The second-order valence-corrected chi connectivity index (χ2v) is 8.65. The van der Waals surface area contributed by atoms with Crippen LogP contribution in [0.25, 0.3) is 0 Å². The summed E-state index contributed by atoms with van der Waals surface area (Å²) in [5, 5.41) is 2.76. The second kappa shape index (κ2) is 7.49. The van der Waals surface area contributed by atoms with Gasteiger partial charge in [-0.15, -0.1) is 0 Å². The lowest BCUT2D eigenvalue weighted by Gasteiger charge is -2.18. The van der Waals surface area contributed by atoms with E-state index in [0.29, 0.717) is 0 Å². The molecule has 0 atom stereocenters. The Morgan fingerprint density at radius 3 is 1.64 bits per heavy atom. The Morgan fingerprint density at radius 1 is 0.682 bits per heavy atom. The molecule has 3 aromatic rings. The summed E-state index contributed by atoms with van der Waals surface area (Å²) >= 11 is 1.92. The summed E-state index contributed by atoms with van der Waals surface area (Å²) < 4.78 is 5.24. The minimum atomic E-state index is -0.465. The molecule has 0 aromatic heterocycles. The quantitative estimate of drug-likeness (QED) is 0.621. The van der Waals surface area contributed by atoms with Gasteiger partial charge in [0.15, 0.2) is 0 Å². The van der Waals surface area contributed by atoms with Crippen LogP contribution in [0.4, 0.5) is 0 Å². The van der Waals surface area contributed by atoms with E-state index < -0.39 is 7.12 Å². The Hall–Kier alpha value is -1.76. The van der Waals surface area contributed by atoms with Gasteiger partial charge in [0.25, 0.3) is 0 Å². The molecule has 0 aliphatic carbocycles. The lowest BCUT2D eigenvalue weighted by atomic mass is 10.3. The van der Waals surface area contributed by atoms with Crippen LogP contribution in [-0.2, 0) is 0 Å². The van der Waals surface area contributed by atoms with Crippen molar-refractivity contribution in [3.05, 3.63) is 84.9 Å². The van der Waals surface area contributed by atoms with Gasteiger partial charge in [-0.25, -0.2) is 0 Å². The molecule has 0 heterocycles. The van der Waals surface area contributed by atoms with E-state index in [1.807, 2.05) is 23.5 Å². The molecule has 0 saturated heterocycles. The standard InChI is InChI=1S/C19H17OPS/c1-20-16-12-14-19(15-13-16)22-21(17-8-4-2-5-9-17)18-10-6-3-7-11-18/h2-15H,1H3. The number of hydrogen-bond donors (Lipinski definition) is 0. The molecule has 0 fully saturated rings. The van der Waals surface area contributed by atoms with Crippen molar-refractivity contribution in [1.82, 2.24) is 0 Å². The molecule has 0 aliphatic rings. The monoisotopic (exact) mass is 324 g/mol. The SMILES string of the molecule is COc1ccc(SP(c2ccccc2)c2ccccc2)cc1. The van der Waals surface area contributed by atoms with Gasteiger partial charge in [-0.1, -0.05) is 72.0 Å². The first-order chi connectivity index (χ1) is 10.9. The Balaban J connectivity index is 1.91. The summed E-state index contributed by atoms with van der Waals surface area (Å²) in [6, 6.07) is 29.8. The lowest BCUT2D eigenvalue weighted by Crippen LogP contribution is -2.08. The molecule has 0 saturated carbocycles. The van der Waals surface area contributed by atoms with Crippen molar-refractivity contribution in [2.24, 2.45) is 0 Å². The third kappa shape index (κ3) is 3.71. The summed E-state index contributed by atoms with van der Waals surface area (Å²) in [5.74, 6) is 0.896. The molecule has 22 heavy (non-hydrogen) atoms. The van der Waals surface area contributed by atoms with Crippen LogP contribution in [0.2, 0.25) is 0 Å². The van der Waals surface area contributed by atoms with Gasteiger partial charge in [-0.2, -0.15) is 0 Å². The zero-order valence-electron chi connectivity index (χ0n) is 12.3. The first kappa shape index (κ1) is 15.1. The molecular weight excluding hydrogens is 307 g/mol. The van der Waals surface area contributed by atoms with Gasteiger partial charge in [0.2, 0.25) is 0 Å². The molecule has 3 heteroatoms. The highest BCUT2D eigenvalue weighted by Crippen LogP contribution is 2.52. The largest absolute Gasteiger partial charge is 0.497 e. The number of benzene rings is 3. The van der Waals surface area contributed by atoms with Gasteiger partial charge in [-0.3, -0.25) is 0 Å². The van der Waals surface area contributed by atoms with Crippen molar-refractivity contribution < 1.29 is 4.74 Å². The van der Waals surface area contributed by atoms with E-state index in [0.717, 1.165) is 5.75 Å². The summed E-state index contributed by atoms with van der Waals surface area (Å²) in [4.78, 5) is 1.26. The summed E-state index contributed by atoms with van der Waals surface area (Å²) in [6.45, 7) is 0. The Labute approximate surface area is 136 Å². The van der Waals surface area contributed by atoms with Crippen LogP contribution in [0.5, 0.6) is 5.75 Å². The molecule has 3 rings (SSSR count). The van der Waals surface area contributed by atoms with Crippen molar-refractivity contribution in [3.63, 3.8) is 0 Å². The second-order valence-electron chi connectivity index (χ2n) is 4.73. The first-order valence-electron chi connectivity index (χ1n) is 7.09. The van der Waals surface area contributed by atoms with Gasteiger partial charge in [-0.05, 0) is 34.9 Å². The smallest absolute Gasteiger partial charge is 0.118 e. The fourth-order valence-corrected chi connectivity index (χ4v) is 6.35. The average Bonchev–Trinajstić information content (AvgIpc) is 2.62. The molecule has 1 nitrogen and oxygen atoms in total. The van der Waals surface area contributed by atoms with E-state index in [1.165, 1.54) is 15.5 Å². The van der Waals surface area contributed by atoms with Crippen molar-refractivity contribution in [2.45, 2.75) is 4.90 Å². The molecule has 0 bridgehead atoms. The number of ether oxygens (including phenoxy) is 1. The fourth-order valence-electron chi connectivity index (χ4n) is 2.12. The van der Waals surface area contributed by atoms with Gasteiger partial charge in [0.1, 0.15) is 5.75 Å². The van der Waals surface area contributed by atoms with Crippen molar-refractivity contribution in [1.29, 1.82) is 0 Å². The highest BCUT2D eigenvalue weighted by molar-refractivity contribution is 8.60. The molecule has 0 N–H and O–H groups in total. The van der Waals surface area contributed by atoms with Gasteiger partial charge >= 0.3 is 0 Å². The highest BCUT2D eigenvalue weighted by atomic mass is 32.7. The third-order valence-electron chi connectivity index (χ3n) is 3.24. The molecular formula is C19H17OPS. The van der Waals surface area contributed by atoms with Crippen molar-refractivity contribution in [3.8, 4) is 5.75 Å². The van der Waals surface area contributed by atoms with Crippen LogP contribution >= 0.6 is 18.5 Å². The number of hydrogen-bond acceptors (Lipinski definition) is 2. The highest BCUT2D eigenvalue weighted by Gasteiger charge is 2.15. The molecule has 0 unspecified atom stereocenters. The normalized spacial score (nSPS) is 10.6. The van der Waals surface area contributed by atoms with Crippen LogP contribution in [0.1, 0.15) is 0 Å². The van der Waals surface area contributed by atoms with Crippen LogP contribution in [-0.4, -0.2) is 7.11 Å². The minimum absolute atomic E-state index is 0.465. The first-order valence-corrected chi connectivity index (χ1v) is 9.85. The van der Waals surface area contributed by atoms with Crippen molar-refractivity contribution >= 4 is 29.1 Å². The molecule has 3 aromatic carbocycles. The summed E-state index contributed by atoms with van der Waals surface area (Å²) in [7, 11) is 1.23. The van der Waals surface area contributed by atoms with Crippen LogP contribution < -0.4 is 15.3 Å². The molecule has 0 amide bonds. The van der Waals surface area contributed by atoms with E-state index in [-0.39, 0.29) is 0 Å². The summed E-state index contributed by atoms with van der Waals surface area (Å²) in [5.41, 5.74) is 0. The number of rotatable bonds is 5. The Morgan fingerprint density at radius 2 is 1.18 bits per heavy atom. The van der Waals surface area contributed by atoms with E-state index in [2.05, 4.69) is 72.8 Å². The van der Waals surface area contributed by atoms with Gasteiger partial charge < -0.3 is 4.74 Å². The Bertz CT molecular complexity index is 659. The summed E-state index contributed by atoms with van der Waals surface area (Å²) in [6.07, 6.45) is 0.